The molecule has 0 fully saturated rings. The van der Waals surface area contributed by atoms with Gasteiger partial charge in [-0.05, 0) is 68.0 Å². The molecule has 4 nitrogen and oxygen atoms in total. The Labute approximate surface area is 186 Å². The van der Waals surface area contributed by atoms with E-state index in [0.29, 0.717) is 0 Å². The summed E-state index contributed by atoms with van der Waals surface area (Å²) < 4.78 is 4.28. The number of aromatic nitrogens is 4. The van der Waals surface area contributed by atoms with Gasteiger partial charge in [-0.3, -0.25) is 0 Å². The monoisotopic (exact) mass is 414 g/mol. The number of aryl methyl sites for hydroxylation is 6. The van der Waals surface area contributed by atoms with Crippen molar-refractivity contribution < 1.29 is 0 Å². The third kappa shape index (κ3) is 5.52. The Morgan fingerprint density at radius 1 is 0.677 bits per heavy atom. The van der Waals surface area contributed by atoms with Crippen LogP contribution >= 0.6 is 0 Å². The molecule has 0 aliphatic heterocycles. The first-order chi connectivity index (χ1) is 14.9. The number of rotatable bonds is 5. The molecule has 0 saturated heterocycles. The summed E-state index contributed by atoms with van der Waals surface area (Å²) in [6, 6.07) is 12.9. The highest BCUT2D eigenvalue weighted by atomic mass is 15.0. The van der Waals surface area contributed by atoms with Crippen LogP contribution in [0.1, 0.15) is 51.7 Å². The van der Waals surface area contributed by atoms with E-state index < -0.39 is 0 Å². The van der Waals surface area contributed by atoms with E-state index in [1.807, 2.05) is 32.1 Å². The van der Waals surface area contributed by atoms with Gasteiger partial charge in [0, 0.05) is 50.2 Å². The average molecular weight is 415 g/mol. The van der Waals surface area contributed by atoms with Crippen molar-refractivity contribution in [3.05, 3.63) is 106 Å². The Kier molecular flexibility index (Phi) is 7.45. The molecule has 0 aliphatic carbocycles. The Balaban J connectivity index is 0.000000176. The van der Waals surface area contributed by atoms with Gasteiger partial charge in [0.25, 0.3) is 0 Å². The summed E-state index contributed by atoms with van der Waals surface area (Å²) in [5.41, 5.74) is 10.8. The summed E-state index contributed by atoms with van der Waals surface area (Å²) in [4.78, 5) is 8.35. The minimum absolute atomic E-state index is 0.967. The molecule has 162 valence electrons. The molecule has 31 heavy (non-hydrogen) atoms. The van der Waals surface area contributed by atoms with Gasteiger partial charge in [-0.15, -0.1) is 0 Å². The third-order valence-corrected chi connectivity index (χ3v) is 6.06. The highest BCUT2D eigenvalue weighted by Crippen LogP contribution is 2.18. The standard InChI is InChI=1S/C14H18N2.C13H16N2/c1-4-16-10-15-9-13(16)8-14-11(2)6-5-7-12(14)3;1-10-5-4-6-11(2)13(10)7-12-8-14-9-15(12)3/h5-7,9-10H,4,8H2,1-3H3;4-6,8-9H,7H2,1-3H3. The Bertz CT molecular complexity index is 1090. The minimum atomic E-state index is 0.967. The van der Waals surface area contributed by atoms with Crippen LogP contribution in [0.4, 0.5) is 0 Å². The molecule has 0 radical (unpaired) electrons. The van der Waals surface area contributed by atoms with Crippen LogP contribution in [0.25, 0.3) is 0 Å². The molecule has 2 aromatic carbocycles. The van der Waals surface area contributed by atoms with Crippen molar-refractivity contribution in [3.63, 3.8) is 0 Å². The first-order valence-corrected chi connectivity index (χ1v) is 10.9. The number of hydrogen-bond acceptors (Lipinski definition) is 2. The van der Waals surface area contributed by atoms with E-state index in [-0.39, 0.29) is 0 Å². The Morgan fingerprint density at radius 3 is 1.58 bits per heavy atom. The van der Waals surface area contributed by atoms with Crippen LogP contribution in [-0.2, 0) is 26.4 Å². The fourth-order valence-corrected chi connectivity index (χ4v) is 3.95. The SMILES string of the molecule is CCn1cncc1Cc1c(C)cccc1C.Cc1cccc(C)c1Cc1cncn1C. The predicted molar refractivity (Wildman–Crippen MR) is 129 cm³/mol. The zero-order valence-corrected chi connectivity index (χ0v) is 19.7. The molecule has 0 unspecified atom stereocenters. The van der Waals surface area contributed by atoms with E-state index in [9.17, 15) is 0 Å². The van der Waals surface area contributed by atoms with Gasteiger partial charge in [-0.1, -0.05) is 36.4 Å². The van der Waals surface area contributed by atoms with Crippen molar-refractivity contribution in [1.29, 1.82) is 0 Å². The second kappa shape index (κ2) is 10.3. The molecule has 4 rings (SSSR count). The molecule has 4 heteroatoms. The molecule has 0 N–H and O–H groups in total. The molecule has 2 aromatic heterocycles. The normalized spacial score (nSPS) is 10.6. The van der Waals surface area contributed by atoms with Crippen LogP contribution in [0.15, 0.2) is 61.4 Å². The number of nitrogens with zero attached hydrogens (tertiary/aromatic N) is 4. The van der Waals surface area contributed by atoms with Crippen molar-refractivity contribution >= 4 is 0 Å². The van der Waals surface area contributed by atoms with Crippen LogP contribution in [0.2, 0.25) is 0 Å². The van der Waals surface area contributed by atoms with E-state index in [1.54, 1.807) is 0 Å². The molecule has 4 aromatic rings. The maximum atomic E-state index is 4.21. The van der Waals surface area contributed by atoms with Crippen LogP contribution < -0.4 is 0 Å². The van der Waals surface area contributed by atoms with Gasteiger partial charge in [0.1, 0.15) is 0 Å². The van der Waals surface area contributed by atoms with Gasteiger partial charge in [-0.2, -0.15) is 0 Å². The summed E-state index contributed by atoms with van der Waals surface area (Å²) >= 11 is 0. The highest BCUT2D eigenvalue weighted by Gasteiger charge is 2.07. The summed E-state index contributed by atoms with van der Waals surface area (Å²) in [5.74, 6) is 0. The van der Waals surface area contributed by atoms with E-state index >= 15 is 0 Å². The molecule has 2 heterocycles. The van der Waals surface area contributed by atoms with Crippen molar-refractivity contribution in [2.45, 2.75) is 54.0 Å². The molecular formula is C27H34N4. The summed E-state index contributed by atoms with van der Waals surface area (Å²) in [6.45, 7) is 11.8. The predicted octanol–water partition coefficient (Wildman–Crippen LogP) is 5.74. The summed E-state index contributed by atoms with van der Waals surface area (Å²) in [7, 11) is 2.04. The summed E-state index contributed by atoms with van der Waals surface area (Å²) in [5, 5.41) is 0. The smallest absolute Gasteiger partial charge is 0.0948 e. The van der Waals surface area contributed by atoms with Gasteiger partial charge < -0.3 is 9.13 Å². The van der Waals surface area contributed by atoms with Crippen molar-refractivity contribution in [3.8, 4) is 0 Å². The zero-order chi connectivity index (χ0) is 22.4. The molecule has 0 saturated carbocycles. The molecule has 0 amide bonds. The Hall–Kier alpha value is -3.14. The van der Waals surface area contributed by atoms with Gasteiger partial charge in [0.2, 0.25) is 0 Å². The number of hydrogen-bond donors (Lipinski definition) is 0. The third-order valence-electron chi connectivity index (χ3n) is 6.06. The lowest BCUT2D eigenvalue weighted by Crippen LogP contribution is -2.02. The van der Waals surface area contributed by atoms with Crippen molar-refractivity contribution in [2.24, 2.45) is 7.05 Å². The van der Waals surface area contributed by atoms with Gasteiger partial charge in [0.15, 0.2) is 0 Å². The van der Waals surface area contributed by atoms with Crippen LogP contribution in [0.5, 0.6) is 0 Å². The lowest BCUT2D eigenvalue weighted by molar-refractivity contribution is 0.722. The van der Waals surface area contributed by atoms with Crippen LogP contribution in [-0.4, -0.2) is 19.1 Å². The van der Waals surface area contributed by atoms with E-state index in [0.717, 1.165) is 19.4 Å². The quantitative estimate of drug-likeness (QED) is 0.417. The lowest BCUT2D eigenvalue weighted by Gasteiger charge is -2.10. The van der Waals surface area contributed by atoms with Gasteiger partial charge >= 0.3 is 0 Å². The number of imidazole rings is 2. The first-order valence-electron chi connectivity index (χ1n) is 10.9. The maximum absolute atomic E-state index is 4.21. The van der Waals surface area contributed by atoms with Gasteiger partial charge in [-0.25, -0.2) is 9.97 Å². The fraction of sp³-hybridized carbons (Fsp3) is 0.333. The van der Waals surface area contributed by atoms with E-state index in [2.05, 4.69) is 90.1 Å². The zero-order valence-electron chi connectivity index (χ0n) is 19.7. The largest absolute Gasteiger partial charge is 0.337 e. The highest BCUT2D eigenvalue weighted by molar-refractivity contribution is 5.37. The van der Waals surface area contributed by atoms with E-state index in [4.69, 9.17) is 0 Å². The van der Waals surface area contributed by atoms with Gasteiger partial charge in [0.05, 0.1) is 12.7 Å². The summed E-state index contributed by atoms with van der Waals surface area (Å²) in [6.07, 6.45) is 9.61. The topological polar surface area (TPSA) is 35.6 Å². The van der Waals surface area contributed by atoms with Crippen LogP contribution in [0, 0.1) is 27.7 Å². The number of benzene rings is 2. The fourth-order valence-electron chi connectivity index (χ4n) is 3.95. The van der Waals surface area contributed by atoms with Crippen LogP contribution in [0.3, 0.4) is 0 Å². The molecule has 0 aliphatic rings. The molecule has 0 atom stereocenters. The second-order valence-electron chi connectivity index (χ2n) is 8.26. The van der Waals surface area contributed by atoms with Crippen molar-refractivity contribution in [1.82, 2.24) is 19.1 Å². The first kappa shape index (κ1) is 22.5. The molecule has 0 bridgehead atoms. The lowest BCUT2D eigenvalue weighted by atomic mass is 9.99. The maximum Gasteiger partial charge on any atom is 0.0948 e. The van der Waals surface area contributed by atoms with Crippen molar-refractivity contribution in [2.75, 3.05) is 0 Å². The van der Waals surface area contributed by atoms with E-state index in [1.165, 1.54) is 44.8 Å². The molecular weight excluding hydrogens is 380 g/mol. The minimum Gasteiger partial charge on any atom is -0.337 e. The molecule has 0 spiro atoms. The second-order valence-corrected chi connectivity index (χ2v) is 8.26. The Morgan fingerprint density at radius 2 is 1.13 bits per heavy atom. The average Bonchev–Trinajstić information content (AvgIpc) is 3.36.